The van der Waals surface area contributed by atoms with Crippen molar-refractivity contribution in [3.05, 3.63) is 90.4 Å². The van der Waals surface area contributed by atoms with Crippen molar-refractivity contribution in [2.75, 3.05) is 13.2 Å². The molecule has 0 saturated carbocycles. The first-order chi connectivity index (χ1) is 15.8. The molecule has 2 aromatic heterocycles. The highest BCUT2D eigenvalue weighted by molar-refractivity contribution is 5.95. The first kappa shape index (κ1) is 19.5. The number of hydrazone groups is 1. The highest BCUT2D eigenvalue weighted by Gasteiger charge is 2.16. The second-order valence-electron chi connectivity index (χ2n) is 7.01. The predicted octanol–water partition coefficient (Wildman–Crippen LogP) is 3.47. The van der Waals surface area contributed by atoms with Crippen molar-refractivity contribution >= 4 is 12.1 Å². The zero-order valence-electron chi connectivity index (χ0n) is 17.0. The number of pyridine rings is 1. The predicted molar refractivity (Wildman–Crippen MR) is 119 cm³/mol. The lowest BCUT2D eigenvalue weighted by molar-refractivity contribution is 0.0955. The van der Waals surface area contributed by atoms with Crippen LogP contribution in [0.4, 0.5) is 0 Å². The van der Waals surface area contributed by atoms with Crippen LogP contribution in [0.3, 0.4) is 0 Å². The smallest absolute Gasteiger partial charge is 0.272 e. The van der Waals surface area contributed by atoms with Crippen molar-refractivity contribution < 1.29 is 14.3 Å². The van der Waals surface area contributed by atoms with Gasteiger partial charge in [-0.05, 0) is 42.5 Å². The van der Waals surface area contributed by atoms with E-state index in [9.17, 15) is 4.79 Å². The van der Waals surface area contributed by atoms with E-state index in [1.165, 1.54) is 6.20 Å². The molecule has 0 fully saturated rings. The summed E-state index contributed by atoms with van der Waals surface area (Å²) < 4.78 is 13.1. The van der Waals surface area contributed by atoms with Crippen LogP contribution in [0.15, 0.2) is 84.4 Å². The van der Waals surface area contributed by atoms with Gasteiger partial charge in [0.25, 0.3) is 5.91 Å². The van der Waals surface area contributed by atoms with Crippen molar-refractivity contribution in [2.45, 2.75) is 0 Å². The number of hydrogen-bond donors (Lipinski definition) is 1. The molecular formula is C24H19N5O3. The van der Waals surface area contributed by atoms with Crippen LogP contribution in [0.5, 0.6) is 11.5 Å². The van der Waals surface area contributed by atoms with E-state index in [2.05, 4.69) is 15.5 Å². The van der Waals surface area contributed by atoms with Gasteiger partial charge in [-0.15, -0.1) is 0 Å². The van der Waals surface area contributed by atoms with E-state index in [0.717, 1.165) is 16.8 Å². The summed E-state index contributed by atoms with van der Waals surface area (Å²) in [7, 11) is 0. The molecule has 1 amide bonds. The molecular weight excluding hydrogens is 406 g/mol. The second kappa shape index (κ2) is 8.73. The third kappa shape index (κ3) is 4.06. The summed E-state index contributed by atoms with van der Waals surface area (Å²) in [5, 5.41) is 8.90. The number of rotatable bonds is 5. The standard InChI is InChI=1S/C24H19N5O3/c30-24(18-5-4-10-25-14-18)27-26-15-19-16-29(20-6-2-1-3-7-20)28-23(19)17-8-9-21-22(13-17)32-12-11-31-21/h1-10,13-16H,11-12H2,(H,27,30)/b26-15+. The largest absolute Gasteiger partial charge is 0.486 e. The maximum absolute atomic E-state index is 12.3. The average Bonchev–Trinajstić information content (AvgIpc) is 3.29. The van der Waals surface area contributed by atoms with Crippen LogP contribution in [-0.4, -0.2) is 40.1 Å². The summed E-state index contributed by atoms with van der Waals surface area (Å²) in [6.07, 6.45) is 6.53. The van der Waals surface area contributed by atoms with Gasteiger partial charge >= 0.3 is 0 Å². The Hall–Kier alpha value is -4.46. The Morgan fingerprint density at radius 1 is 1.03 bits per heavy atom. The summed E-state index contributed by atoms with van der Waals surface area (Å²) in [5.74, 6) is 1.04. The van der Waals surface area contributed by atoms with Crippen molar-refractivity contribution in [1.29, 1.82) is 0 Å². The van der Waals surface area contributed by atoms with Crippen molar-refractivity contribution in [3.63, 3.8) is 0 Å². The van der Waals surface area contributed by atoms with Crippen LogP contribution >= 0.6 is 0 Å². The van der Waals surface area contributed by atoms with Crippen LogP contribution in [0.25, 0.3) is 16.9 Å². The molecule has 8 nitrogen and oxygen atoms in total. The van der Waals surface area contributed by atoms with E-state index in [1.54, 1.807) is 29.2 Å². The molecule has 0 atom stereocenters. The molecule has 0 aliphatic carbocycles. The number of hydrogen-bond acceptors (Lipinski definition) is 6. The van der Waals surface area contributed by atoms with Gasteiger partial charge in [0, 0.05) is 29.7 Å². The van der Waals surface area contributed by atoms with E-state index in [1.807, 2.05) is 54.7 Å². The first-order valence-corrected chi connectivity index (χ1v) is 10.1. The number of fused-ring (bicyclic) bond motifs is 1. The Morgan fingerprint density at radius 3 is 2.69 bits per heavy atom. The molecule has 1 aliphatic heterocycles. The minimum Gasteiger partial charge on any atom is -0.486 e. The Balaban J connectivity index is 1.48. The van der Waals surface area contributed by atoms with Gasteiger partial charge in [0.2, 0.25) is 0 Å². The highest BCUT2D eigenvalue weighted by Crippen LogP contribution is 2.35. The molecule has 2 aromatic carbocycles. The third-order valence-corrected chi connectivity index (χ3v) is 4.87. The fourth-order valence-electron chi connectivity index (χ4n) is 3.33. The summed E-state index contributed by atoms with van der Waals surface area (Å²) in [6.45, 7) is 1.03. The average molecular weight is 425 g/mol. The summed E-state index contributed by atoms with van der Waals surface area (Å²) in [5.41, 5.74) is 6.15. The lowest BCUT2D eigenvalue weighted by Crippen LogP contribution is -2.17. The van der Waals surface area contributed by atoms with E-state index in [4.69, 9.17) is 14.6 Å². The van der Waals surface area contributed by atoms with Crippen molar-refractivity contribution in [2.24, 2.45) is 5.10 Å². The Labute approximate surface area is 184 Å². The van der Waals surface area contributed by atoms with Crippen LogP contribution in [0, 0.1) is 0 Å². The van der Waals surface area contributed by atoms with E-state index < -0.39 is 0 Å². The molecule has 1 aliphatic rings. The van der Waals surface area contributed by atoms with Crippen LogP contribution in [0.2, 0.25) is 0 Å². The molecule has 1 N–H and O–H groups in total. The maximum Gasteiger partial charge on any atom is 0.272 e. The third-order valence-electron chi connectivity index (χ3n) is 4.87. The number of benzene rings is 2. The molecule has 32 heavy (non-hydrogen) atoms. The summed E-state index contributed by atoms with van der Waals surface area (Å²) in [4.78, 5) is 16.2. The van der Waals surface area contributed by atoms with Gasteiger partial charge in [-0.2, -0.15) is 10.2 Å². The van der Waals surface area contributed by atoms with Gasteiger partial charge in [-0.1, -0.05) is 18.2 Å². The summed E-state index contributed by atoms with van der Waals surface area (Å²) in [6, 6.07) is 18.8. The SMILES string of the molecule is O=C(N/N=C/c1cn(-c2ccccc2)nc1-c1ccc2c(c1)OCCO2)c1cccnc1. The maximum atomic E-state index is 12.3. The van der Waals surface area contributed by atoms with Gasteiger partial charge in [0.1, 0.15) is 18.9 Å². The summed E-state index contributed by atoms with van der Waals surface area (Å²) >= 11 is 0. The van der Waals surface area contributed by atoms with Crippen LogP contribution in [0.1, 0.15) is 15.9 Å². The molecule has 4 aromatic rings. The number of ether oxygens (including phenoxy) is 2. The molecule has 0 bridgehead atoms. The number of para-hydroxylation sites is 1. The van der Waals surface area contributed by atoms with E-state index in [0.29, 0.717) is 36.0 Å². The Bertz CT molecular complexity index is 1270. The Kier molecular flexibility index (Phi) is 5.32. The molecule has 158 valence electrons. The van der Waals surface area contributed by atoms with Crippen molar-refractivity contribution in [1.82, 2.24) is 20.2 Å². The molecule has 8 heteroatoms. The molecule has 5 rings (SSSR count). The van der Waals surface area contributed by atoms with Crippen LogP contribution < -0.4 is 14.9 Å². The zero-order chi connectivity index (χ0) is 21.8. The minimum atomic E-state index is -0.342. The number of aromatic nitrogens is 3. The monoisotopic (exact) mass is 425 g/mol. The molecule has 0 spiro atoms. The first-order valence-electron chi connectivity index (χ1n) is 10.1. The quantitative estimate of drug-likeness (QED) is 0.391. The number of carbonyl (C=O) groups is 1. The van der Waals surface area contributed by atoms with Gasteiger partial charge in [-0.3, -0.25) is 9.78 Å². The lowest BCUT2D eigenvalue weighted by atomic mass is 10.1. The lowest BCUT2D eigenvalue weighted by Gasteiger charge is -2.18. The highest BCUT2D eigenvalue weighted by atomic mass is 16.6. The number of nitrogens with zero attached hydrogens (tertiary/aromatic N) is 4. The molecule has 0 radical (unpaired) electrons. The van der Waals surface area contributed by atoms with Gasteiger partial charge in [0.15, 0.2) is 11.5 Å². The topological polar surface area (TPSA) is 90.6 Å². The van der Waals surface area contributed by atoms with Gasteiger partial charge in [-0.25, -0.2) is 10.1 Å². The van der Waals surface area contributed by atoms with Gasteiger partial charge in [0.05, 0.1) is 17.5 Å². The number of amides is 1. The zero-order valence-corrected chi connectivity index (χ0v) is 17.0. The van der Waals surface area contributed by atoms with Crippen LogP contribution in [-0.2, 0) is 0 Å². The number of nitrogens with one attached hydrogen (secondary N) is 1. The molecule has 0 saturated heterocycles. The molecule has 3 heterocycles. The normalized spacial score (nSPS) is 12.6. The Morgan fingerprint density at radius 2 is 1.88 bits per heavy atom. The second-order valence-corrected chi connectivity index (χ2v) is 7.01. The molecule has 0 unspecified atom stereocenters. The van der Waals surface area contributed by atoms with Gasteiger partial charge < -0.3 is 9.47 Å². The number of carbonyl (C=O) groups excluding carboxylic acids is 1. The van der Waals surface area contributed by atoms with E-state index >= 15 is 0 Å². The van der Waals surface area contributed by atoms with Crippen molar-refractivity contribution in [3.8, 4) is 28.4 Å². The minimum absolute atomic E-state index is 0.342. The fraction of sp³-hybridized carbons (Fsp3) is 0.0833. The fourth-order valence-corrected chi connectivity index (χ4v) is 3.33. The van der Waals surface area contributed by atoms with E-state index in [-0.39, 0.29) is 5.91 Å².